The molecule has 0 atom stereocenters. The van der Waals surface area contributed by atoms with Crippen LogP contribution in [0, 0.1) is 0 Å². The zero-order valence-corrected chi connectivity index (χ0v) is 13.6. The summed E-state index contributed by atoms with van der Waals surface area (Å²) in [4.78, 5) is 16.4. The number of hydrogen-bond acceptors (Lipinski definition) is 3. The normalized spacial score (nSPS) is 11.0. The third kappa shape index (κ3) is 3.64. The predicted molar refractivity (Wildman–Crippen MR) is 91.2 cm³/mol. The lowest BCUT2D eigenvalue weighted by molar-refractivity contribution is 0.102. The second kappa shape index (κ2) is 6.60. The first-order valence-electron chi connectivity index (χ1n) is 7.55. The molecule has 0 saturated heterocycles. The highest BCUT2D eigenvalue weighted by Gasteiger charge is 2.13. The molecule has 1 amide bonds. The van der Waals surface area contributed by atoms with E-state index in [4.69, 9.17) is 5.73 Å². The van der Waals surface area contributed by atoms with Gasteiger partial charge in [0.1, 0.15) is 5.69 Å². The molecule has 0 saturated carbocycles. The summed E-state index contributed by atoms with van der Waals surface area (Å²) in [6.07, 6.45) is 1.49. The lowest BCUT2D eigenvalue weighted by atomic mass is 9.94. The van der Waals surface area contributed by atoms with Gasteiger partial charge in [-0.1, -0.05) is 39.8 Å². The zero-order valence-electron chi connectivity index (χ0n) is 13.6. The van der Waals surface area contributed by atoms with Crippen molar-refractivity contribution in [2.45, 2.75) is 39.5 Å². The van der Waals surface area contributed by atoms with Gasteiger partial charge in [0.2, 0.25) is 0 Å². The summed E-state index contributed by atoms with van der Waals surface area (Å²) < 4.78 is 0. The molecule has 0 radical (unpaired) electrons. The van der Waals surface area contributed by atoms with Crippen molar-refractivity contribution in [3.8, 4) is 0 Å². The van der Waals surface area contributed by atoms with E-state index in [1.807, 2.05) is 6.07 Å². The maximum absolute atomic E-state index is 12.3. The van der Waals surface area contributed by atoms with E-state index in [2.05, 4.69) is 50.1 Å². The van der Waals surface area contributed by atoms with Gasteiger partial charge in [0.25, 0.3) is 5.91 Å². The van der Waals surface area contributed by atoms with Crippen LogP contribution in [-0.2, 0) is 0 Å². The highest BCUT2D eigenvalue weighted by molar-refractivity contribution is 6.03. The van der Waals surface area contributed by atoms with Crippen LogP contribution < -0.4 is 11.1 Å². The van der Waals surface area contributed by atoms with Gasteiger partial charge in [0.15, 0.2) is 0 Å². The Kier molecular flexibility index (Phi) is 4.81. The predicted octanol–water partition coefficient (Wildman–Crippen LogP) is 4.16. The summed E-state index contributed by atoms with van der Waals surface area (Å²) in [5.41, 5.74) is 9.74. The Morgan fingerprint density at radius 1 is 1.09 bits per heavy atom. The second-order valence-corrected chi connectivity index (χ2v) is 6.09. The fraction of sp³-hybridized carbons (Fsp3) is 0.333. The smallest absolute Gasteiger partial charge is 0.274 e. The minimum absolute atomic E-state index is 0.223. The standard InChI is InChI=1S/C18H23N3O/c1-11(2)13-5-7-16(15(9-13)12(3)4)21-18(22)17-8-6-14(19)10-20-17/h5-12H,19H2,1-4H3,(H,21,22). The van der Waals surface area contributed by atoms with Gasteiger partial charge in [0, 0.05) is 5.69 Å². The second-order valence-electron chi connectivity index (χ2n) is 6.09. The fourth-order valence-electron chi connectivity index (χ4n) is 2.26. The van der Waals surface area contributed by atoms with Gasteiger partial charge < -0.3 is 11.1 Å². The number of anilines is 2. The Morgan fingerprint density at radius 2 is 1.82 bits per heavy atom. The molecule has 1 heterocycles. The van der Waals surface area contributed by atoms with Gasteiger partial charge in [-0.25, -0.2) is 4.98 Å². The average molecular weight is 297 g/mol. The van der Waals surface area contributed by atoms with Crippen molar-refractivity contribution in [1.29, 1.82) is 0 Å². The fourth-order valence-corrected chi connectivity index (χ4v) is 2.26. The van der Waals surface area contributed by atoms with Crippen LogP contribution in [0.1, 0.15) is 61.1 Å². The Hall–Kier alpha value is -2.36. The summed E-state index contributed by atoms with van der Waals surface area (Å²) in [5, 5.41) is 2.95. The molecule has 1 aromatic carbocycles. The number of amides is 1. The van der Waals surface area contributed by atoms with Gasteiger partial charge in [-0.2, -0.15) is 0 Å². The number of nitrogens with one attached hydrogen (secondary N) is 1. The van der Waals surface area contributed by atoms with Crippen molar-refractivity contribution < 1.29 is 4.79 Å². The van der Waals surface area contributed by atoms with E-state index < -0.39 is 0 Å². The molecule has 22 heavy (non-hydrogen) atoms. The van der Waals surface area contributed by atoms with Crippen LogP contribution in [0.5, 0.6) is 0 Å². The molecule has 116 valence electrons. The number of pyridine rings is 1. The zero-order chi connectivity index (χ0) is 16.3. The molecule has 4 nitrogen and oxygen atoms in total. The van der Waals surface area contributed by atoms with E-state index in [1.54, 1.807) is 12.1 Å². The quantitative estimate of drug-likeness (QED) is 0.890. The molecule has 0 unspecified atom stereocenters. The van der Waals surface area contributed by atoms with E-state index in [9.17, 15) is 4.79 Å². The third-order valence-electron chi connectivity index (χ3n) is 3.63. The molecule has 4 heteroatoms. The van der Waals surface area contributed by atoms with Crippen molar-refractivity contribution in [3.05, 3.63) is 53.3 Å². The van der Waals surface area contributed by atoms with Gasteiger partial charge in [-0.3, -0.25) is 4.79 Å². The lowest BCUT2D eigenvalue weighted by Gasteiger charge is -2.17. The van der Waals surface area contributed by atoms with Crippen LogP contribution in [0.3, 0.4) is 0 Å². The first kappa shape index (κ1) is 16.0. The minimum atomic E-state index is -0.223. The van der Waals surface area contributed by atoms with Gasteiger partial charge in [-0.05, 0) is 41.2 Å². The van der Waals surface area contributed by atoms with Crippen LogP contribution in [0.25, 0.3) is 0 Å². The maximum atomic E-state index is 12.3. The monoisotopic (exact) mass is 297 g/mol. The number of rotatable bonds is 4. The molecule has 2 rings (SSSR count). The van der Waals surface area contributed by atoms with Crippen molar-refractivity contribution in [1.82, 2.24) is 4.98 Å². The summed E-state index contributed by atoms with van der Waals surface area (Å²) in [5.74, 6) is 0.564. The number of nitrogens with zero attached hydrogens (tertiary/aromatic N) is 1. The molecule has 1 aromatic heterocycles. The molecule has 0 aliphatic heterocycles. The molecule has 2 aromatic rings. The van der Waals surface area contributed by atoms with E-state index in [1.165, 1.54) is 11.8 Å². The largest absolute Gasteiger partial charge is 0.397 e. The Labute approximate surface area is 131 Å². The van der Waals surface area contributed by atoms with Crippen LogP contribution >= 0.6 is 0 Å². The van der Waals surface area contributed by atoms with E-state index in [0.29, 0.717) is 23.2 Å². The number of nitrogen functional groups attached to an aromatic ring is 1. The molecule has 0 aliphatic rings. The molecule has 0 bridgehead atoms. The van der Waals surface area contributed by atoms with Crippen LogP contribution in [0.2, 0.25) is 0 Å². The van der Waals surface area contributed by atoms with Crippen LogP contribution in [0.15, 0.2) is 36.5 Å². The highest BCUT2D eigenvalue weighted by Crippen LogP contribution is 2.28. The van der Waals surface area contributed by atoms with Gasteiger partial charge in [0.05, 0.1) is 11.9 Å². The van der Waals surface area contributed by atoms with Gasteiger partial charge >= 0.3 is 0 Å². The molecular weight excluding hydrogens is 274 g/mol. The Bertz CT molecular complexity index is 661. The third-order valence-corrected chi connectivity index (χ3v) is 3.63. The summed E-state index contributed by atoms with van der Waals surface area (Å²) in [7, 11) is 0. The van der Waals surface area contributed by atoms with Gasteiger partial charge in [-0.15, -0.1) is 0 Å². The Balaban J connectivity index is 2.28. The summed E-state index contributed by atoms with van der Waals surface area (Å²) in [6, 6.07) is 9.50. The van der Waals surface area contributed by atoms with Crippen molar-refractivity contribution in [2.24, 2.45) is 0 Å². The van der Waals surface area contributed by atoms with Crippen LogP contribution in [-0.4, -0.2) is 10.9 Å². The summed E-state index contributed by atoms with van der Waals surface area (Å²) >= 11 is 0. The minimum Gasteiger partial charge on any atom is -0.397 e. The molecule has 3 N–H and O–H groups in total. The number of carbonyl (C=O) groups is 1. The maximum Gasteiger partial charge on any atom is 0.274 e. The lowest BCUT2D eigenvalue weighted by Crippen LogP contribution is -2.15. The topological polar surface area (TPSA) is 68.0 Å². The van der Waals surface area contributed by atoms with E-state index in [-0.39, 0.29) is 5.91 Å². The van der Waals surface area contributed by atoms with Crippen molar-refractivity contribution in [3.63, 3.8) is 0 Å². The number of hydrogen-bond donors (Lipinski definition) is 2. The first-order chi connectivity index (χ1) is 10.4. The molecule has 0 aliphatic carbocycles. The van der Waals surface area contributed by atoms with Crippen LogP contribution in [0.4, 0.5) is 11.4 Å². The van der Waals surface area contributed by atoms with E-state index in [0.717, 1.165) is 11.3 Å². The molecule has 0 fully saturated rings. The number of aromatic nitrogens is 1. The van der Waals surface area contributed by atoms with E-state index >= 15 is 0 Å². The molecule has 0 spiro atoms. The number of nitrogens with two attached hydrogens (primary N) is 1. The molecular formula is C18H23N3O. The number of benzene rings is 1. The summed E-state index contributed by atoms with van der Waals surface area (Å²) in [6.45, 7) is 8.57. The Morgan fingerprint density at radius 3 is 2.36 bits per heavy atom. The highest BCUT2D eigenvalue weighted by atomic mass is 16.1. The number of carbonyl (C=O) groups excluding carboxylic acids is 1. The average Bonchev–Trinajstić information content (AvgIpc) is 2.47. The SMILES string of the molecule is CC(C)c1ccc(NC(=O)c2ccc(N)cn2)c(C(C)C)c1. The van der Waals surface area contributed by atoms with Crippen molar-refractivity contribution >= 4 is 17.3 Å². The first-order valence-corrected chi connectivity index (χ1v) is 7.55. The van der Waals surface area contributed by atoms with Crippen molar-refractivity contribution in [2.75, 3.05) is 11.1 Å².